The number of amides is 2. The van der Waals surface area contributed by atoms with Crippen molar-refractivity contribution in [2.45, 2.75) is 58.5 Å². The van der Waals surface area contributed by atoms with Gasteiger partial charge in [-0.1, -0.05) is 6.92 Å². The summed E-state index contributed by atoms with van der Waals surface area (Å²) in [4.78, 5) is 24.4. The van der Waals surface area contributed by atoms with Crippen molar-refractivity contribution in [1.82, 2.24) is 10.2 Å². The van der Waals surface area contributed by atoms with Crippen LogP contribution in [0.4, 0.5) is 4.79 Å². The molecule has 0 heterocycles. The summed E-state index contributed by atoms with van der Waals surface area (Å²) in [6.45, 7) is 6.99. The molecule has 0 aromatic heterocycles. The first kappa shape index (κ1) is 18.7. The van der Waals surface area contributed by atoms with Crippen molar-refractivity contribution in [2.24, 2.45) is 0 Å². The van der Waals surface area contributed by atoms with Crippen molar-refractivity contribution in [2.75, 3.05) is 20.3 Å². The summed E-state index contributed by atoms with van der Waals surface area (Å²) < 4.78 is 5.03. The second-order valence-electron chi connectivity index (χ2n) is 5.08. The molecule has 20 heavy (non-hydrogen) atoms. The molecule has 0 aliphatic rings. The zero-order valence-corrected chi connectivity index (χ0v) is 13.0. The number of ether oxygens (including phenoxy) is 1. The van der Waals surface area contributed by atoms with Crippen LogP contribution < -0.4 is 5.32 Å². The van der Waals surface area contributed by atoms with E-state index in [9.17, 15) is 9.59 Å². The summed E-state index contributed by atoms with van der Waals surface area (Å²) in [6.07, 6.45) is 2.25. The zero-order chi connectivity index (χ0) is 15.5. The molecule has 0 bridgehead atoms. The molecule has 0 saturated carbocycles. The molecule has 0 aliphatic carbocycles. The van der Waals surface area contributed by atoms with Crippen LogP contribution in [0.15, 0.2) is 0 Å². The van der Waals surface area contributed by atoms with Gasteiger partial charge in [-0.05, 0) is 33.1 Å². The lowest BCUT2D eigenvalue weighted by atomic mass is 10.1. The first-order chi connectivity index (χ1) is 9.42. The number of hydrogen-bond donors (Lipinski definition) is 2. The third kappa shape index (κ3) is 7.99. The molecule has 2 unspecified atom stereocenters. The monoisotopic (exact) mass is 288 g/mol. The second-order valence-corrected chi connectivity index (χ2v) is 5.08. The number of carbonyl (C=O) groups excluding carboxylic acids is 1. The maximum atomic E-state index is 12.2. The third-order valence-corrected chi connectivity index (χ3v) is 3.32. The highest BCUT2D eigenvalue weighted by atomic mass is 16.5. The smallest absolute Gasteiger partial charge is 0.317 e. The Morgan fingerprint density at radius 1 is 1.35 bits per heavy atom. The molecule has 6 nitrogen and oxygen atoms in total. The average Bonchev–Trinajstić information content (AvgIpc) is 2.38. The van der Waals surface area contributed by atoms with Gasteiger partial charge in [-0.15, -0.1) is 0 Å². The van der Waals surface area contributed by atoms with Crippen LogP contribution in [-0.2, 0) is 9.53 Å². The van der Waals surface area contributed by atoms with Crippen LogP contribution in [0.1, 0.15) is 46.5 Å². The molecule has 0 aromatic carbocycles. The van der Waals surface area contributed by atoms with Crippen molar-refractivity contribution >= 4 is 12.0 Å². The van der Waals surface area contributed by atoms with Gasteiger partial charge in [-0.2, -0.15) is 0 Å². The Bertz CT molecular complexity index is 297. The molecule has 0 spiro atoms. The van der Waals surface area contributed by atoms with E-state index in [-0.39, 0.29) is 24.5 Å². The van der Waals surface area contributed by atoms with Gasteiger partial charge in [-0.3, -0.25) is 4.79 Å². The Hall–Kier alpha value is -1.30. The Labute approximate surface area is 121 Å². The molecular formula is C14H28N2O4. The van der Waals surface area contributed by atoms with Crippen molar-refractivity contribution in [1.29, 1.82) is 0 Å². The summed E-state index contributed by atoms with van der Waals surface area (Å²) in [6, 6.07) is 0.00606. The summed E-state index contributed by atoms with van der Waals surface area (Å²) in [5, 5.41) is 11.5. The minimum Gasteiger partial charge on any atom is -0.481 e. The van der Waals surface area contributed by atoms with Crippen molar-refractivity contribution in [3.63, 3.8) is 0 Å². The molecule has 118 valence electrons. The number of methoxy groups -OCH3 is 1. The molecular weight excluding hydrogens is 260 g/mol. The molecule has 6 heteroatoms. The minimum atomic E-state index is -0.801. The molecule has 0 aliphatic heterocycles. The van der Waals surface area contributed by atoms with Crippen LogP contribution in [0.2, 0.25) is 0 Å². The highest BCUT2D eigenvalue weighted by Crippen LogP contribution is 2.06. The lowest BCUT2D eigenvalue weighted by molar-refractivity contribution is -0.137. The van der Waals surface area contributed by atoms with E-state index in [0.717, 1.165) is 6.42 Å². The average molecular weight is 288 g/mol. The Morgan fingerprint density at radius 3 is 2.50 bits per heavy atom. The summed E-state index contributed by atoms with van der Waals surface area (Å²) in [7, 11) is 1.61. The van der Waals surface area contributed by atoms with Crippen LogP contribution >= 0.6 is 0 Å². The number of rotatable bonds is 10. The van der Waals surface area contributed by atoms with E-state index in [4.69, 9.17) is 9.84 Å². The van der Waals surface area contributed by atoms with E-state index in [0.29, 0.717) is 26.0 Å². The maximum Gasteiger partial charge on any atom is 0.317 e. The van der Waals surface area contributed by atoms with Gasteiger partial charge in [0.2, 0.25) is 0 Å². The molecule has 0 saturated heterocycles. The first-order valence-electron chi connectivity index (χ1n) is 7.20. The normalized spacial score (nSPS) is 13.6. The standard InChI is InChI=1S/C14H28N2O4/c1-5-12(3)16(9-10-20-4)14(19)15-11(2)7-6-8-13(17)18/h11-12H,5-10H2,1-4H3,(H,15,19)(H,17,18). The number of carbonyl (C=O) groups is 2. The van der Waals surface area contributed by atoms with Gasteiger partial charge >= 0.3 is 12.0 Å². The molecule has 2 N–H and O–H groups in total. The van der Waals surface area contributed by atoms with Gasteiger partial charge in [-0.25, -0.2) is 4.79 Å². The van der Waals surface area contributed by atoms with E-state index < -0.39 is 5.97 Å². The molecule has 0 fully saturated rings. The largest absolute Gasteiger partial charge is 0.481 e. The van der Waals surface area contributed by atoms with E-state index in [1.807, 2.05) is 20.8 Å². The van der Waals surface area contributed by atoms with Crippen molar-refractivity contribution in [3.8, 4) is 0 Å². The van der Waals surface area contributed by atoms with Crippen LogP contribution in [0, 0.1) is 0 Å². The van der Waals surface area contributed by atoms with E-state index >= 15 is 0 Å². The lowest BCUT2D eigenvalue weighted by Gasteiger charge is -2.30. The first-order valence-corrected chi connectivity index (χ1v) is 7.20. The SMILES string of the molecule is CCC(C)N(CCOC)C(=O)NC(C)CCCC(=O)O. The van der Waals surface area contributed by atoms with Crippen molar-refractivity contribution in [3.05, 3.63) is 0 Å². The van der Waals surface area contributed by atoms with E-state index in [2.05, 4.69) is 5.32 Å². The highest BCUT2D eigenvalue weighted by molar-refractivity contribution is 5.74. The van der Waals surface area contributed by atoms with Gasteiger partial charge in [0.15, 0.2) is 0 Å². The van der Waals surface area contributed by atoms with Gasteiger partial charge in [0.05, 0.1) is 6.61 Å². The van der Waals surface area contributed by atoms with Gasteiger partial charge in [0.25, 0.3) is 0 Å². The molecule has 2 amide bonds. The fraction of sp³-hybridized carbons (Fsp3) is 0.857. The minimum absolute atomic E-state index is 0.0315. The van der Waals surface area contributed by atoms with Gasteiger partial charge in [0.1, 0.15) is 0 Å². The highest BCUT2D eigenvalue weighted by Gasteiger charge is 2.19. The predicted octanol–water partition coefficient (Wildman–Crippen LogP) is 2.09. The van der Waals surface area contributed by atoms with Crippen LogP contribution in [0.5, 0.6) is 0 Å². The van der Waals surface area contributed by atoms with Crippen LogP contribution in [-0.4, -0.2) is 54.4 Å². The van der Waals surface area contributed by atoms with Crippen LogP contribution in [0.3, 0.4) is 0 Å². The number of carboxylic acid groups (broad SMARTS) is 1. The summed E-state index contributed by atoms with van der Waals surface area (Å²) in [5.74, 6) is -0.801. The quantitative estimate of drug-likeness (QED) is 0.645. The van der Waals surface area contributed by atoms with E-state index in [1.54, 1.807) is 12.0 Å². The summed E-state index contributed by atoms with van der Waals surface area (Å²) >= 11 is 0. The number of carboxylic acids is 1. The summed E-state index contributed by atoms with van der Waals surface area (Å²) in [5.41, 5.74) is 0. The topological polar surface area (TPSA) is 78.9 Å². The van der Waals surface area contributed by atoms with Crippen molar-refractivity contribution < 1.29 is 19.4 Å². The maximum absolute atomic E-state index is 12.2. The molecule has 2 atom stereocenters. The zero-order valence-electron chi connectivity index (χ0n) is 13.0. The molecule has 0 rings (SSSR count). The van der Waals surface area contributed by atoms with Crippen LogP contribution in [0.25, 0.3) is 0 Å². The van der Waals surface area contributed by atoms with Gasteiger partial charge in [0, 0.05) is 32.2 Å². The Morgan fingerprint density at radius 2 is 2.00 bits per heavy atom. The molecule has 0 aromatic rings. The number of nitrogens with zero attached hydrogens (tertiary/aromatic N) is 1. The lowest BCUT2D eigenvalue weighted by Crippen LogP contribution is -2.48. The van der Waals surface area contributed by atoms with E-state index in [1.165, 1.54) is 0 Å². The second kappa shape index (κ2) is 10.5. The number of nitrogens with one attached hydrogen (secondary N) is 1. The molecule has 0 radical (unpaired) electrons. The fourth-order valence-electron chi connectivity index (χ4n) is 1.86. The number of hydrogen-bond acceptors (Lipinski definition) is 3. The predicted molar refractivity (Wildman–Crippen MR) is 77.8 cm³/mol. The number of urea groups is 1. The number of aliphatic carboxylic acids is 1. The third-order valence-electron chi connectivity index (χ3n) is 3.32. The van der Waals surface area contributed by atoms with Gasteiger partial charge < -0.3 is 20.1 Å². The Balaban J connectivity index is 4.25. The fourth-order valence-corrected chi connectivity index (χ4v) is 1.86. The Kier molecular flexibility index (Phi) is 9.80.